The van der Waals surface area contributed by atoms with Crippen LogP contribution in [0, 0.1) is 0 Å². The molecule has 0 aromatic rings. The van der Waals surface area contributed by atoms with Gasteiger partial charge < -0.3 is 19.7 Å². The van der Waals surface area contributed by atoms with Crippen LogP contribution in [0.15, 0.2) is 0 Å². The number of rotatable bonds is 2. The molecule has 0 bridgehead atoms. The van der Waals surface area contributed by atoms with E-state index in [-0.39, 0.29) is 0 Å². The van der Waals surface area contributed by atoms with E-state index in [0.717, 1.165) is 6.42 Å². The zero-order chi connectivity index (χ0) is 10.1. The highest BCUT2D eigenvalue weighted by Gasteiger charge is 2.10. The lowest BCUT2D eigenvalue weighted by molar-refractivity contribution is -0.177. The Labute approximate surface area is 77.3 Å². The molecule has 0 atom stereocenters. The second kappa shape index (κ2) is 8.12. The number of aldehydes is 1. The molecule has 13 heavy (non-hydrogen) atoms. The Morgan fingerprint density at radius 1 is 1.46 bits per heavy atom. The Morgan fingerprint density at radius 3 is 2.15 bits per heavy atom. The summed E-state index contributed by atoms with van der Waals surface area (Å²) in [6.45, 7) is 2.98. The summed E-state index contributed by atoms with van der Waals surface area (Å²) in [4.78, 5) is 9.91. The Hall–Kier alpha value is -0.490. The SMILES string of the molecule is CCC(O)O.O=CC1OCCCO1. The molecule has 0 radical (unpaired) electrons. The van der Waals surface area contributed by atoms with Crippen molar-refractivity contribution < 1.29 is 24.5 Å². The topological polar surface area (TPSA) is 76.0 Å². The molecule has 0 spiro atoms. The molecular formula is C8H16O5. The molecule has 2 N–H and O–H groups in total. The lowest BCUT2D eigenvalue weighted by Crippen LogP contribution is -2.25. The molecule has 1 heterocycles. The van der Waals surface area contributed by atoms with Gasteiger partial charge in [0.05, 0.1) is 13.2 Å². The Bertz CT molecular complexity index is 120. The maximum atomic E-state index is 9.91. The highest BCUT2D eigenvalue weighted by Crippen LogP contribution is 2.00. The van der Waals surface area contributed by atoms with Gasteiger partial charge in [-0.2, -0.15) is 0 Å². The third kappa shape index (κ3) is 7.86. The minimum atomic E-state index is -1.12. The van der Waals surface area contributed by atoms with Gasteiger partial charge in [0.1, 0.15) is 0 Å². The van der Waals surface area contributed by atoms with Crippen LogP contribution in [-0.2, 0) is 14.3 Å². The van der Waals surface area contributed by atoms with E-state index in [1.807, 2.05) is 0 Å². The fourth-order valence-corrected chi connectivity index (χ4v) is 0.585. The molecule has 5 heteroatoms. The van der Waals surface area contributed by atoms with Crippen LogP contribution in [0.4, 0.5) is 0 Å². The molecule has 0 aromatic carbocycles. The Kier molecular flexibility index (Phi) is 7.82. The first-order valence-corrected chi connectivity index (χ1v) is 4.25. The third-order valence-corrected chi connectivity index (χ3v) is 1.33. The lowest BCUT2D eigenvalue weighted by Gasteiger charge is -2.17. The monoisotopic (exact) mass is 192 g/mol. The number of carbonyl (C=O) groups excluding carboxylic acids is 1. The van der Waals surface area contributed by atoms with Crippen LogP contribution in [0.25, 0.3) is 0 Å². The fourth-order valence-electron chi connectivity index (χ4n) is 0.585. The quantitative estimate of drug-likeness (QED) is 0.462. The van der Waals surface area contributed by atoms with Gasteiger partial charge in [-0.3, -0.25) is 4.79 Å². The van der Waals surface area contributed by atoms with E-state index in [1.165, 1.54) is 0 Å². The molecule has 78 valence electrons. The summed E-state index contributed by atoms with van der Waals surface area (Å²) in [6, 6.07) is 0. The smallest absolute Gasteiger partial charge is 0.214 e. The van der Waals surface area contributed by atoms with Crippen molar-refractivity contribution in [1.82, 2.24) is 0 Å². The van der Waals surface area contributed by atoms with Crippen molar-refractivity contribution in [3.05, 3.63) is 0 Å². The van der Waals surface area contributed by atoms with Gasteiger partial charge in [0.15, 0.2) is 12.6 Å². The van der Waals surface area contributed by atoms with E-state index in [0.29, 0.717) is 25.9 Å². The highest BCUT2D eigenvalue weighted by molar-refractivity contribution is 5.53. The molecule has 0 saturated carbocycles. The molecule has 1 saturated heterocycles. The summed E-state index contributed by atoms with van der Waals surface area (Å²) >= 11 is 0. The molecule has 0 aromatic heterocycles. The zero-order valence-corrected chi connectivity index (χ0v) is 7.68. The third-order valence-electron chi connectivity index (χ3n) is 1.33. The van der Waals surface area contributed by atoms with Crippen LogP contribution in [0.5, 0.6) is 0 Å². The van der Waals surface area contributed by atoms with E-state index in [4.69, 9.17) is 19.7 Å². The predicted octanol–water partition coefficient (Wildman–Crippen LogP) is -0.345. The number of aliphatic hydroxyl groups is 2. The molecule has 1 aliphatic rings. The van der Waals surface area contributed by atoms with Crippen molar-refractivity contribution in [3.8, 4) is 0 Å². The summed E-state index contributed by atoms with van der Waals surface area (Å²) in [6.07, 6.45) is 0.266. The molecule has 0 amide bonds. The molecule has 0 unspecified atom stereocenters. The lowest BCUT2D eigenvalue weighted by atomic mass is 10.4. The minimum Gasteiger partial charge on any atom is -0.368 e. The van der Waals surface area contributed by atoms with Crippen molar-refractivity contribution in [3.63, 3.8) is 0 Å². The largest absolute Gasteiger partial charge is 0.368 e. The van der Waals surface area contributed by atoms with Gasteiger partial charge in [-0.25, -0.2) is 0 Å². The van der Waals surface area contributed by atoms with Gasteiger partial charge in [0.25, 0.3) is 0 Å². The highest BCUT2D eigenvalue weighted by atomic mass is 16.7. The van der Waals surface area contributed by atoms with Crippen LogP contribution < -0.4 is 0 Å². The maximum absolute atomic E-state index is 9.91. The van der Waals surface area contributed by atoms with Gasteiger partial charge in [-0.1, -0.05) is 6.92 Å². The van der Waals surface area contributed by atoms with E-state index in [1.54, 1.807) is 6.92 Å². The van der Waals surface area contributed by atoms with Crippen molar-refractivity contribution in [2.45, 2.75) is 32.3 Å². The van der Waals surface area contributed by atoms with Gasteiger partial charge in [-0.15, -0.1) is 0 Å². The van der Waals surface area contributed by atoms with E-state index in [9.17, 15) is 4.79 Å². The molecular weight excluding hydrogens is 176 g/mol. The number of hydrogen-bond acceptors (Lipinski definition) is 5. The van der Waals surface area contributed by atoms with Gasteiger partial charge >= 0.3 is 0 Å². The zero-order valence-electron chi connectivity index (χ0n) is 7.68. The van der Waals surface area contributed by atoms with Crippen LogP contribution >= 0.6 is 0 Å². The summed E-state index contributed by atoms with van der Waals surface area (Å²) in [5, 5.41) is 15.8. The second-order valence-electron chi connectivity index (χ2n) is 2.49. The van der Waals surface area contributed by atoms with E-state index in [2.05, 4.69) is 0 Å². The first-order chi connectivity index (χ1) is 6.20. The minimum absolute atomic E-state index is 0.417. The molecule has 5 nitrogen and oxygen atoms in total. The molecule has 1 aliphatic heterocycles. The number of carbonyl (C=O) groups is 1. The number of hydrogen-bond donors (Lipinski definition) is 2. The predicted molar refractivity (Wildman–Crippen MR) is 44.9 cm³/mol. The first kappa shape index (κ1) is 12.5. The first-order valence-electron chi connectivity index (χ1n) is 4.25. The Balaban J connectivity index is 0.000000252. The van der Waals surface area contributed by atoms with E-state index >= 15 is 0 Å². The summed E-state index contributed by atoms with van der Waals surface area (Å²) in [5.41, 5.74) is 0. The number of ether oxygens (including phenoxy) is 2. The fraction of sp³-hybridized carbons (Fsp3) is 0.875. The standard InChI is InChI=1S/C5H8O3.C3H8O2/c6-4-5-7-2-1-3-8-5;1-2-3(4)5/h4-5H,1-3H2;3-5H,2H2,1H3. The van der Waals surface area contributed by atoms with Crippen molar-refractivity contribution in [2.24, 2.45) is 0 Å². The van der Waals surface area contributed by atoms with Crippen molar-refractivity contribution >= 4 is 6.29 Å². The van der Waals surface area contributed by atoms with Crippen molar-refractivity contribution in [2.75, 3.05) is 13.2 Å². The average Bonchev–Trinajstić information content (AvgIpc) is 2.20. The van der Waals surface area contributed by atoms with Gasteiger partial charge in [-0.05, 0) is 12.8 Å². The van der Waals surface area contributed by atoms with Crippen LogP contribution in [0.2, 0.25) is 0 Å². The van der Waals surface area contributed by atoms with Crippen LogP contribution in [0.3, 0.4) is 0 Å². The average molecular weight is 192 g/mol. The van der Waals surface area contributed by atoms with E-state index < -0.39 is 12.6 Å². The summed E-state index contributed by atoms with van der Waals surface area (Å²) in [5.74, 6) is 0. The van der Waals surface area contributed by atoms with Gasteiger partial charge in [0.2, 0.25) is 6.29 Å². The molecule has 1 rings (SSSR count). The summed E-state index contributed by atoms with van der Waals surface area (Å²) in [7, 11) is 0. The normalized spacial score (nSPS) is 17.8. The maximum Gasteiger partial charge on any atom is 0.214 e. The van der Waals surface area contributed by atoms with Gasteiger partial charge in [0, 0.05) is 0 Å². The number of aliphatic hydroxyl groups excluding tert-OH is 1. The summed E-state index contributed by atoms with van der Waals surface area (Å²) < 4.78 is 9.67. The second-order valence-corrected chi connectivity index (χ2v) is 2.49. The van der Waals surface area contributed by atoms with Crippen LogP contribution in [-0.4, -0.2) is 42.3 Å². The molecule has 0 aliphatic carbocycles. The van der Waals surface area contributed by atoms with Crippen molar-refractivity contribution in [1.29, 1.82) is 0 Å². The molecule has 1 fully saturated rings. The van der Waals surface area contributed by atoms with Crippen LogP contribution in [0.1, 0.15) is 19.8 Å². The Morgan fingerprint density at radius 2 is 1.92 bits per heavy atom.